The summed E-state index contributed by atoms with van der Waals surface area (Å²) in [7, 11) is -1.51. The van der Waals surface area contributed by atoms with E-state index in [0.717, 1.165) is 6.42 Å². The maximum atomic E-state index is 12.0. The Kier molecular flexibility index (Phi) is 4.84. The SMILES string of the molecule is CCC(C)(C)NC(=O)CS(=O)c1ncccc1N. The highest BCUT2D eigenvalue weighted by molar-refractivity contribution is 7.85. The second-order valence-electron chi connectivity index (χ2n) is 4.67. The number of carbonyl (C=O) groups is 1. The van der Waals surface area contributed by atoms with Crippen molar-refractivity contribution in [2.75, 3.05) is 11.5 Å². The summed E-state index contributed by atoms with van der Waals surface area (Å²) < 4.78 is 12.0. The highest BCUT2D eigenvalue weighted by Gasteiger charge is 2.20. The first-order chi connectivity index (χ1) is 8.35. The van der Waals surface area contributed by atoms with Gasteiger partial charge in [0.05, 0.1) is 16.5 Å². The second-order valence-corrected chi connectivity index (χ2v) is 6.04. The lowest BCUT2D eigenvalue weighted by atomic mass is 10.0. The molecule has 0 saturated heterocycles. The van der Waals surface area contributed by atoms with Gasteiger partial charge in [0, 0.05) is 11.7 Å². The Hall–Kier alpha value is -1.43. The zero-order valence-corrected chi connectivity index (χ0v) is 11.7. The number of pyridine rings is 1. The first-order valence-electron chi connectivity index (χ1n) is 5.75. The van der Waals surface area contributed by atoms with Gasteiger partial charge in [0.1, 0.15) is 5.75 Å². The van der Waals surface area contributed by atoms with Crippen molar-refractivity contribution in [3.05, 3.63) is 18.3 Å². The first-order valence-corrected chi connectivity index (χ1v) is 7.07. The van der Waals surface area contributed by atoms with Crippen LogP contribution >= 0.6 is 0 Å². The summed E-state index contributed by atoms with van der Waals surface area (Å²) in [4.78, 5) is 15.7. The lowest BCUT2D eigenvalue weighted by molar-refractivity contribution is -0.120. The number of amides is 1. The molecule has 0 saturated carbocycles. The fourth-order valence-corrected chi connectivity index (χ4v) is 2.24. The molecule has 0 aromatic carbocycles. The maximum Gasteiger partial charge on any atom is 0.233 e. The predicted octanol–water partition coefficient (Wildman–Crippen LogP) is 1.08. The molecule has 1 aromatic rings. The van der Waals surface area contributed by atoms with Gasteiger partial charge in [0.25, 0.3) is 0 Å². The fraction of sp³-hybridized carbons (Fsp3) is 0.500. The molecular formula is C12H19N3O2S. The zero-order valence-electron chi connectivity index (χ0n) is 10.9. The molecule has 1 amide bonds. The Morgan fingerprint density at radius 3 is 2.78 bits per heavy atom. The van der Waals surface area contributed by atoms with Crippen LogP contribution < -0.4 is 11.1 Å². The number of nitrogen functional groups attached to an aromatic ring is 1. The van der Waals surface area contributed by atoms with Crippen LogP contribution in [0.5, 0.6) is 0 Å². The number of anilines is 1. The number of rotatable bonds is 5. The Balaban J connectivity index is 2.66. The second kappa shape index (κ2) is 5.95. The van der Waals surface area contributed by atoms with Crippen molar-refractivity contribution in [1.82, 2.24) is 10.3 Å². The Morgan fingerprint density at radius 2 is 2.22 bits per heavy atom. The topological polar surface area (TPSA) is 85.1 Å². The predicted molar refractivity (Wildman–Crippen MR) is 72.4 cm³/mol. The van der Waals surface area contributed by atoms with Crippen LogP contribution in [-0.4, -0.2) is 26.4 Å². The molecule has 0 aliphatic heterocycles. The highest BCUT2D eigenvalue weighted by atomic mass is 32.2. The van der Waals surface area contributed by atoms with Crippen molar-refractivity contribution < 1.29 is 9.00 Å². The Labute approximate surface area is 110 Å². The van der Waals surface area contributed by atoms with Crippen molar-refractivity contribution in [2.45, 2.75) is 37.8 Å². The third-order valence-corrected chi connectivity index (χ3v) is 3.94. The van der Waals surface area contributed by atoms with Crippen LogP contribution in [0.3, 0.4) is 0 Å². The number of nitrogens with zero attached hydrogens (tertiary/aromatic N) is 1. The number of aromatic nitrogens is 1. The van der Waals surface area contributed by atoms with Gasteiger partial charge in [-0.15, -0.1) is 0 Å². The molecule has 0 spiro atoms. The van der Waals surface area contributed by atoms with E-state index in [1.165, 1.54) is 6.20 Å². The summed E-state index contributed by atoms with van der Waals surface area (Å²) in [6, 6.07) is 3.28. The number of hydrogen-bond acceptors (Lipinski definition) is 4. The van der Waals surface area contributed by atoms with Gasteiger partial charge in [-0.05, 0) is 32.4 Å². The average Bonchev–Trinajstić information content (AvgIpc) is 2.28. The highest BCUT2D eigenvalue weighted by Crippen LogP contribution is 2.13. The molecule has 6 heteroatoms. The molecule has 3 N–H and O–H groups in total. The Bertz CT molecular complexity index is 460. The van der Waals surface area contributed by atoms with Crippen LogP contribution in [0.2, 0.25) is 0 Å². The van der Waals surface area contributed by atoms with Crippen molar-refractivity contribution in [2.24, 2.45) is 0 Å². The van der Waals surface area contributed by atoms with Gasteiger partial charge in [0.15, 0.2) is 5.03 Å². The maximum absolute atomic E-state index is 12.0. The summed E-state index contributed by atoms with van der Waals surface area (Å²) in [5.41, 5.74) is 5.71. The van der Waals surface area contributed by atoms with E-state index < -0.39 is 10.8 Å². The van der Waals surface area contributed by atoms with Gasteiger partial charge in [-0.3, -0.25) is 9.00 Å². The van der Waals surface area contributed by atoms with Gasteiger partial charge in [0.2, 0.25) is 5.91 Å². The molecule has 1 heterocycles. The van der Waals surface area contributed by atoms with Crippen molar-refractivity contribution in [1.29, 1.82) is 0 Å². The smallest absolute Gasteiger partial charge is 0.233 e. The van der Waals surface area contributed by atoms with E-state index in [1.54, 1.807) is 12.1 Å². The normalized spacial score (nSPS) is 13.1. The monoisotopic (exact) mass is 269 g/mol. The minimum Gasteiger partial charge on any atom is -0.396 e. The van der Waals surface area contributed by atoms with E-state index in [4.69, 9.17) is 5.73 Å². The lowest BCUT2D eigenvalue weighted by Gasteiger charge is -2.24. The molecule has 0 aliphatic carbocycles. The van der Waals surface area contributed by atoms with Gasteiger partial charge >= 0.3 is 0 Å². The number of carbonyl (C=O) groups excluding carboxylic acids is 1. The van der Waals surface area contributed by atoms with E-state index in [-0.39, 0.29) is 22.2 Å². The fourth-order valence-electron chi connectivity index (χ4n) is 1.28. The van der Waals surface area contributed by atoms with Crippen molar-refractivity contribution in [3.63, 3.8) is 0 Å². The third-order valence-electron chi connectivity index (χ3n) is 2.64. The minimum atomic E-state index is -1.51. The van der Waals surface area contributed by atoms with Crippen LogP contribution in [0.1, 0.15) is 27.2 Å². The molecular weight excluding hydrogens is 250 g/mol. The van der Waals surface area contributed by atoms with Crippen LogP contribution in [-0.2, 0) is 15.6 Å². The van der Waals surface area contributed by atoms with E-state index >= 15 is 0 Å². The van der Waals surface area contributed by atoms with E-state index in [2.05, 4.69) is 10.3 Å². The van der Waals surface area contributed by atoms with Crippen LogP contribution in [0.25, 0.3) is 0 Å². The van der Waals surface area contributed by atoms with Crippen molar-refractivity contribution in [3.8, 4) is 0 Å². The van der Waals surface area contributed by atoms with Gasteiger partial charge in [-0.1, -0.05) is 6.92 Å². The van der Waals surface area contributed by atoms with Gasteiger partial charge in [-0.2, -0.15) is 0 Å². The summed E-state index contributed by atoms with van der Waals surface area (Å²) >= 11 is 0. The summed E-state index contributed by atoms with van der Waals surface area (Å²) in [5, 5.41) is 3.09. The molecule has 18 heavy (non-hydrogen) atoms. The minimum absolute atomic E-state index is 0.120. The number of hydrogen-bond donors (Lipinski definition) is 2. The van der Waals surface area contributed by atoms with Crippen LogP contribution in [0.15, 0.2) is 23.4 Å². The molecule has 0 aliphatic rings. The van der Waals surface area contributed by atoms with Gasteiger partial charge in [-0.25, -0.2) is 4.98 Å². The van der Waals surface area contributed by atoms with Crippen molar-refractivity contribution >= 4 is 22.4 Å². The van der Waals surface area contributed by atoms with E-state index in [0.29, 0.717) is 5.69 Å². The zero-order chi connectivity index (χ0) is 13.8. The largest absolute Gasteiger partial charge is 0.396 e. The van der Waals surface area contributed by atoms with Gasteiger partial charge < -0.3 is 11.1 Å². The standard InChI is InChI=1S/C12H19N3O2S/c1-4-12(2,3)15-10(16)8-18(17)11-9(13)6-5-7-14-11/h5-7H,4,8,13H2,1-3H3,(H,15,16). The number of nitrogens with two attached hydrogens (primary N) is 1. The first kappa shape index (κ1) is 14.6. The molecule has 100 valence electrons. The van der Waals surface area contributed by atoms with Crippen LogP contribution in [0.4, 0.5) is 5.69 Å². The molecule has 1 atom stereocenters. The average molecular weight is 269 g/mol. The molecule has 1 rings (SSSR count). The summed E-state index contributed by atoms with van der Waals surface area (Å²) in [6.07, 6.45) is 2.31. The molecule has 0 radical (unpaired) electrons. The third kappa shape index (κ3) is 4.10. The number of nitrogens with one attached hydrogen (secondary N) is 1. The van der Waals surface area contributed by atoms with Crippen LogP contribution in [0, 0.1) is 0 Å². The van der Waals surface area contributed by atoms with E-state index in [1.807, 2.05) is 20.8 Å². The summed E-state index contributed by atoms with van der Waals surface area (Å²) in [6.45, 7) is 5.82. The lowest BCUT2D eigenvalue weighted by Crippen LogP contribution is -2.44. The van der Waals surface area contributed by atoms with E-state index in [9.17, 15) is 9.00 Å². The molecule has 0 fully saturated rings. The summed E-state index contributed by atoms with van der Waals surface area (Å²) in [5.74, 6) is -0.379. The quantitative estimate of drug-likeness (QED) is 0.837. The molecule has 1 aromatic heterocycles. The molecule has 0 bridgehead atoms. The molecule has 5 nitrogen and oxygen atoms in total. The Morgan fingerprint density at radius 1 is 1.56 bits per heavy atom. The molecule has 1 unspecified atom stereocenters.